The highest BCUT2D eigenvalue weighted by atomic mass is 35.5. The molecule has 0 radical (unpaired) electrons. The fraction of sp³-hybridized carbons (Fsp3) is 0.480. The zero-order chi connectivity index (χ0) is 24.1. The summed E-state index contributed by atoms with van der Waals surface area (Å²) in [6.07, 6.45) is 6.74. The third-order valence-electron chi connectivity index (χ3n) is 7.58. The Balaban J connectivity index is 1.42. The van der Waals surface area contributed by atoms with Gasteiger partial charge in [0.1, 0.15) is 4.90 Å². The van der Waals surface area contributed by atoms with E-state index in [0.717, 1.165) is 23.6 Å². The molecule has 0 heterocycles. The van der Waals surface area contributed by atoms with E-state index in [1.807, 2.05) is 0 Å². The van der Waals surface area contributed by atoms with Crippen molar-refractivity contribution < 1.29 is 13.2 Å². The summed E-state index contributed by atoms with van der Waals surface area (Å²) >= 11 is 18.7. The summed E-state index contributed by atoms with van der Waals surface area (Å²) in [5.41, 5.74) is 0.396. The standard InChI is InChI=1S/C25H27Cl3N2O3S/c26-20-5-6-22(28)23(10-20)34(32,33)30(14-19-3-1-2-4-21(19)27)15-24(31)29-25-11-16-7-17(12-25)9-18(8-16)13-25/h1-6,10,16-18H,7-9,11-15H2,(H,29,31). The summed E-state index contributed by atoms with van der Waals surface area (Å²) in [7, 11) is -4.13. The maximum absolute atomic E-state index is 13.7. The van der Waals surface area contributed by atoms with Crippen molar-refractivity contribution in [2.24, 2.45) is 17.8 Å². The second-order valence-electron chi connectivity index (χ2n) is 10.2. The Bertz CT molecular complexity index is 1180. The molecule has 0 aromatic heterocycles. The van der Waals surface area contributed by atoms with Gasteiger partial charge in [0, 0.05) is 22.1 Å². The average Bonchev–Trinajstić information content (AvgIpc) is 2.75. The number of rotatable bonds is 7. The van der Waals surface area contributed by atoms with Crippen LogP contribution in [0.4, 0.5) is 0 Å². The summed E-state index contributed by atoms with van der Waals surface area (Å²) in [6, 6.07) is 11.3. The van der Waals surface area contributed by atoms with Crippen molar-refractivity contribution in [2.45, 2.75) is 55.5 Å². The third-order valence-corrected chi connectivity index (χ3v) is 10.5. The number of carbonyl (C=O) groups is 1. The van der Waals surface area contributed by atoms with Gasteiger partial charge < -0.3 is 5.32 Å². The molecule has 0 aliphatic heterocycles. The van der Waals surface area contributed by atoms with Crippen LogP contribution >= 0.6 is 34.8 Å². The van der Waals surface area contributed by atoms with Gasteiger partial charge in [-0.3, -0.25) is 4.79 Å². The normalized spacial score (nSPS) is 27.8. The quantitative estimate of drug-likeness (QED) is 0.473. The van der Waals surface area contributed by atoms with Gasteiger partial charge in [-0.1, -0.05) is 53.0 Å². The first-order valence-electron chi connectivity index (χ1n) is 11.6. The number of benzene rings is 2. The Morgan fingerprint density at radius 3 is 2.18 bits per heavy atom. The lowest BCUT2D eigenvalue weighted by Crippen LogP contribution is -2.61. The molecule has 0 atom stereocenters. The van der Waals surface area contributed by atoms with Crippen LogP contribution in [0.5, 0.6) is 0 Å². The molecule has 4 aliphatic carbocycles. The number of nitrogens with zero attached hydrogens (tertiary/aromatic N) is 1. The smallest absolute Gasteiger partial charge is 0.245 e. The number of halogens is 3. The molecule has 0 saturated heterocycles. The lowest BCUT2D eigenvalue weighted by Gasteiger charge is -2.57. The minimum atomic E-state index is -4.13. The van der Waals surface area contributed by atoms with Crippen LogP contribution in [0.3, 0.4) is 0 Å². The van der Waals surface area contributed by atoms with Crippen molar-refractivity contribution >= 4 is 50.7 Å². The first kappa shape index (κ1) is 24.4. The first-order valence-corrected chi connectivity index (χ1v) is 14.2. The SMILES string of the molecule is O=C(CN(Cc1ccccc1Cl)S(=O)(=O)c1cc(Cl)ccc1Cl)NC12CC3CC(CC(C3)C1)C2. The number of nitrogens with one attached hydrogen (secondary N) is 1. The highest BCUT2D eigenvalue weighted by Gasteiger charge is 2.51. The van der Waals surface area contributed by atoms with Crippen molar-refractivity contribution in [1.29, 1.82) is 0 Å². The number of sulfonamides is 1. The topological polar surface area (TPSA) is 66.5 Å². The molecule has 6 rings (SSSR count). The highest BCUT2D eigenvalue weighted by molar-refractivity contribution is 7.89. The van der Waals surface area contributed by atoms with Crippen molar-refractivity contribution in [3.8, 4) is 0 Å². The predicted molar refractivity (Wildman–Crippen MR) is 135 cm³/mol. The average molecular weight is 542 g/mol. The van der Waals surface area contributed by atoms with E-state index in [2.05, 4.69) is 5.32 Å². The van der Waals surface area contributed by atoms with Crippen LogP contribution < -0.4 is 5.32 Å². The van der Waals surface area contributed by atoms with Crippen LogP contribution in [-0.4, -0.2) is 30.7 Å². The fourth-order valence-electron chi connectivity index (χ4n) is 6.62. The summed E-state index contributed by atoms with van der Waals surface area (Å²) in [5.74, 6) is 1.70. The molecule has 4 bridgehead atoms. The van der Waals surface area contributed by atoms with Crippen LogP contribution in [-0.2, 0) is 21.4 Å². The van der Waals surface area contributed by atoms with Crippen LogP contribution in [0.25, 0.3) is 0 Å². The molecule has 9 heteroatoms. The van der Waals surface area contributed by atoms with E-state index in [1.165, 1.54) is 37.5 Å². The second kappa shape index (κ2) is 9.29. The minimum absolute atomic E-state index is 0.0510. The van der Waals surface area contributed by atoms with Gasteiger partial charge >= 0.3 is 0 Å². The molecule has 2 aromatic carbocycles. The van der Waals surface area contributed by atoms with E-state index in [1.54, 1.807) is 24.3 Å². The van der Waals surface area contributed by atoms with Gasteiger partial charge in [0.25, 0.3) is 0 Å². The molecule has 4 saturated carbocycles. The number of hydrogen-bond acceptors (Lipinski definition) is 3. The summed E-state index contributed by atoms with van der Waals surface area (Å²) < 4.78 is 28.5. The Hall–Kier alpha value is -1.31. The van der Waals surface area contributed by atoms with E-state index in [9.17, 15) is 13.2 Å². The number of hydrogen-bond donors (Lipinski definition) is 1. The van der Waals surface area contributed by atoms with E-state index < -0.39 is 10.0 Å². The van der Waals surface area contributed by atoms with Crippen LogP contribution in [0.1, 0.15) is 44.1 Å². The van der Waals surface area contributed by atoms with Crippen molar-refractivity contribution in [2.75, 3.05) is 6.54 Å². The molecule has 4 aliphatic rings. The molecule has 0 unspecified atom stereocenters. The van der Waals surface area contributed by atoms with Gasteiger partial charge in [-0.2, -0.15) is 4.31 Å². The van der Waals surface area contributed by atoms with E-state index >= 15 is 0 Å². The summed E-state index contributed by atoms with van der Waals surface area (Å²) in [6.45, 7) is -0.378. The van der Waals surface area contributed by atoms with Gasteiger partial charge in [-0.25, -0.2) is 8.42 Å². The van der Waals surface area contributed by atoms with Crippen LogP contribution in [0.15, 0.2) is 47.4 Å². The van der Waals surface area contributed by atoms with E-state index in [0.29, 0.717) is 28.3 Å². The van der Waals surface area contributed by atoms with E-state index in [4.69, 9.17) is 34.8 Å². The molecule has 4 fully saturated rings. The molecule has 34 heavy (non-hydrogen) atoms. The lowest BCUT2D eigenvalue weighted by molar-refractivity contribution is -0.127. The molecule has 182 valence electrons. The maximum Gasteiger partial charge on any atom is 0.245 e. The molecule has 5 nitrogen and oxygen atoms in total. The second-order valence-corrected chi connectivity index (χ2v) is 13.3. The zero-order valence-electron chi connectivity index (χ0n) is 18.6. The van der Waals surface area contributed by atoms with E-state index in [-0.39, 0.29) is 39.5 Å². The Morgan fingerprint density at radius 2 is 1.56 bits per heavy atom. The minimum Gasteiger partial charge on any atom is -0.349 e. The Kier molecular flexibility index (Phi) is 6.66. The van der Waals surface area contributed by atoms with Crippen molar-refractivity contribution in [3.05, 3.63) is 63.1 Å². The number of carbonyl (C=O) groups excluding carboxylic acids is 1. The molecule has 1 amide bonds. The predicted octanol–water partition coefficient (Wildman–Crippen LogP) is 5.92. The monoisotopic (exact) mass is 540 g/mol. The van der Waals surface area contributed by atoms with Gasteiger partial charge in [0.2, 0.25) is 15.9 Å². The van der Waals surface area contributed by atoms with Gasteiger partial charge in [0.15, 0.2) is 0 Å². The van der Waals surface area contributed by atoms with Gasteiger partial charge in [0.05, 0.1) is 11.6 Å². The molecule has 1 N–H and O–H groups in total. The van der Waals surface area contributed by atoms with Gasteiger partial charge in [-0.15, -0.1) is 0 Å². The Labute approximate surface area is 215 Å². The van der Waals surface area contributed by atoms with Crippen LogP contribution in [0, 0.1) is 17.8 Å². The Morgan fingerprint density at radius 1 is 0.941 bits per heavy atom. The molecule has 0 spiro atoms. The molecular formula is C25H27Cl3N2O3S. The third kappa shape index (κ3) is 4.85. The first-order chi connectivity index (χ1) is 16.1. The fourth-order valence-corrected chi connectivity index (χ4v) is 8.92. The zero-order valence-corrected chi connectivity index (χ0v) is 21.7. The highest BCUT2D eigenvalue weighted by Crippen LogP contribution is 2.55. The summed E-state index contributed by atoms with van der Waals surface area (Å²) in [5, 5.41) is 4.00. The van der Waals surface area contributed by atoms with Crippen molar-refractivity contribution in [3.63, 3.8) is 0 Å². The lowest BCUT2D eigenvalue weighted by atomic mass is 9.53. The summed E-state index contributed by atoms with van der Waals surface area (Å²) in [4.78, 5) is 13.2. The van der Waals surface area contributed by atoms with Crippen molar-refractivity contribution in [1.82, 2.24) is 9.62 Å². The maximum atomic E-state index is 13.7. The van der Waals surface area contributed by atoms with Gasteiger partial charge in [-0.05, 0) is 86.1 Å². The largest absolute Gasteiger partial charge is 0.349 e. The van der Waals surface area contributed by atoms with Crippen LogP contribution in [0.2, 0.25) is 15.1 Å². The number of amides is 1. The molecular weight excluding hydrogens is 515 g/mol. The molecule has 2 aromatic rings.